The van der Waals surface area contributed by atoms with E-state index in [1.807, 2.05) is 0 Å². The molecule has 92 valence electrons. The van der Waals surface area contributed by atoms with E-state index in [1.54, 1.807) is 0 Å². The third-order valence-electron chi connectivity index (χ3n) is 3.73. The summed E-state index contributed by atoms with van der Waals surface area (Å²) in [5.74, 6) is 1.07. The van der Waals surface area contributed by atoms with Gasteiger partial charge >= 0.3 is 0 Å². The summed E-state index contributed by atoms with van der Waals surface area (Å²) in [5, 5.41) is 0. The molecule has 1 aromatic carbocycles. The first kappa shape index (κ1) is 11.1. The van der Waals surface area contributed by atoms with Crippen molar-refractivity contribution in [2.24, 2.45) is 5.73 Å². The summed E-state index contributed by atoms with van der Waals surface area (Å²) in [6.45, 7) is 5.29. The molecule has 2 N–H and O–H groups in total. The fraction of sp³-hybridized carbons (Fsp3) is 0.571. The maximum atomic E-state index is 5.98. The lowest BCUT2D eigenvalue weighted by molar-refractivity contribution is 0.167. The molecule has 0 amide bonds. The molecule has 1 fully saturated rings. The summed E-state index contributed by atoms with van der Waals surface area (Å²) < 4.78 is 5.98. The van der Waals surface area contributed by atoms with Crippen molar-refractivity contribution < 1.29 is 4.74 Å². The van der Waals surface area contributed by atoms with Gasteiger partial charge in [-0.05, 0) is 31.5 Å². The first-order chi connectivity index (χ1) is 8.20. The number of benzene rings is 1. The summed E-state index contributed by atoms with van der Waals surface area (Å²) in [7, 11) is 0. The van der Waals surface area contributed by atoms with Crippen LogP contribution < -0.4 is 10.5 Å². The van der Waals surface area contributed by atoms with Crippen molar-refractivity contribution in [1.82, 2.24) is 4.90 Å². The maximum Gasteiger partial charge on any atom is 0.123 e. The number of rotatable bonds is 2. The molecule has 0 aromatic heterocycles. The zero-order chi connectivity index (χ0) is 11.8. The number of ether oxygens (including phenoxy) is 1. The van der Waals surface area contributed by atoms with E-state index >= 15 is 0 Å². The molecule has 1 saturated heterocycles. The van der Waals surface area contributed by atoms with Crippen LogP contribution in [0.15, 0.2) is 18.2 Å². The van der Waals surface area contributed by atoms with Crippen LogP contribution in [0.25, 0.3) is 0 Å². The minimum Gasteiger partial charge on any atom is -0.488 e. The van der Waals surface area contributed by atoms with Gasteiger partial charge in [0.05, 0.1) is 0 Å². The summed E-state index contributed by atoms with van der Waals surface area (Å²) in [4.78, 5) is 2.42. The average molecular weight is 232 g/mol. The molecule has 3 nitrogen and oxygen atoms in total. The van der Waals surface area contributed by atoms with Crippen LogP contribution in [0.3, 0.4) is 0 Å². The highest BCUT2D eigenvalue weighted by Crippen LogP contribution is 2.30. The first-order valence-corrected chi connectivity index (χ1v) is 6.45. The molecule has 2 unspecified atom stereocenters. The van der Waals surface area contributed by atoms with Crippen LogP contribution in [0.4, 0.5) is 0 Å². The Bertz CT molecular complexity index is 419. The molecule has 2 aliphatic rings. The van der Waals surface area contributed by atoms with Gasteiger partial charge in [0.15, 0.2) is 0 Å². The second-order valence-electron chi connectivity index (χ2n) is 5.36. The van der Waals surface area contributed by atoms with Gasteiger partial charge in [0.25, 0.3) is 0 Å². The quantitative estimate of drug-likeness (QED) is 0.836. The van der Waals surface area contributed by atoms with Crippen molar-refractivity contribution in [3.63, 3.8) is 0 Å². The number of nitrogens with two attached hydrogens (primary N) is 1. The number of nitrogens with zero attached hydrogens (tertiary/aromatic N) is 1. The second-order valence-corrected chi connectivity index (χ2v) is 5.36. The predicted octanol–water partition coefficient (Wildman–Crippen LogP) is 1.33. The van der Waals surface area contributed by atoms with Crippen LogP contribution in [0.2, 0.25) is 0 Å². The molecule has 0 bridgehead atoms. The monoisotopic (exact) mass is 232 g/mol. The molecular formula is C14H20N2O. The molecule has 0 radical (unpaired) electrons. The van der Waals surface area contributed by atoms with Crippen LogP contribution in [-0.4, -0.2) is 36.7 Å². The SMILES string of the molecule is Cc1ccc2c(c1)CC(CN1CCC(N)C1)O2. The van der Waals surface area contributed by atoms with E-state index in [9.17, 15) is 0 Å². The average Bonchev–Trinajstić information content (AvgIpc) is 2.84. The van der Waals surface area contributed by atoms with Crippen molar-refractivity contribution in [2.45, 2.75) is 31.9 Å². The molecule has 1 aromatic rings. The van der Waals surface area contributed by atoms with Crippen molar-refractivity contribution in [3.8, 4) is 5.75 Å². The van der Waals surface area contributed by atoms with E-state index < -0.39 is 0 Å². The van der Waals surface area contributed by atoms with Crippen LogP contribution in [0, 0.1) is 6.92 Å². The van der Waals surface area contributed by atoms with Gasteiger partial charge in [-0.1, -0.05) is 17.7 Å². The number of hydrogen-bond acceptors (Lipinski definition) is 3. The van der Waals surface area contributed by atoms with Gasteiger partial charge < -0.3 is 10.5 Å². The van der Waals surface area contributed by atoms with Crippen molar-refractivity contribution in [2.75, 3.05) is 19.6 Å². The molecular weight excluding hydrogens is 212 g/mol. The fourth-order valence-electron chi connectivity index (χ4n) is 2.87. The molecule has 17 heavy (non-hydrogen) atoms. The molecule has 0 saturated carbocycles. The number of likely N-dealkylation sites (tertiary alicyclic amines) is 1. The zero-order valence-electron chi connectivity index (χ0n) is 10.4. The van der Waals surface area contributed by atoms with Crippen molar-refractivity contribution in [1.29, 1.82) is 0 Å². The van der Waals surface area contributed by atoms with Crippen LogP contribution in [0.5, 0.6) is 5.75 Å². The molecule has 2 atom stereocenters. The van der Waals surface area contributed by atoms with Crippen molar-refractivity contribution in [3.05, 3.63) is 29.3 Å². The van der Waals surface area contributed by atoms with Crippen LogP contribution >= 0.6 is 0 Å². The normalized spacial score (nSPS) is 28.1. The lowest BCUT2D eigenvalue weighted by atomic mass is 10.1. The highest BCUT2D eigenvalue weighted by atomic mass is 16.5. The van der Waals surface area contributed by atoms with E-state index in [4.69, 9.17) is 10.5 Å². The lowest BCUT2D eigenvalue weighted by Crippen LogP contribution is -2.35. The van der Waals surface area contributed by atoms with E-state index in [2.05, 4.69) is 30.0 Å². The molecule has 0 spiro atoms. The topological polar surface area (TPSA) is 38.5 Å². The van der Waals surface area contributed by atoms with E-state index in [0.717, 1.165) is 38.2 Å². The maximum absolute atomic E-state index is 5.98. The van der Waals surface area contributed by atoms with Crippen molar-refractivity contribution >= 4 is 0 Å². The Balaban J connectivity index is 1.62. The third-order valence-corrected chi connectivity index (χ3v) is 3.73. The fourth-order valence-corrected chi connectivity index (χ4v) is 2.87. The largest absolute Gasteiger partial charge is 0.488 e. The Morgan fingerprint density at radius 1 is 1.47 bits per heavy atom. The third kappa shape index (κ3) is 2.31. The lowest BCUT2D eigenvalue weighted by Gasteiger charge is -2.19. The molecule has 3 rings (SSSR count). The number of fused-ring (bicyclic) bond motifs is 1. The van der Waals surface area contributed by atoms with E-state index in [1.165, 1.54) is 11.1 Å². The summed E-state index contributed by atoms with van der Waals surface area (Å²) >= 11 is 0. The minimum absolute atomic E-state index is 0.317. The summed E-state index contributed by atoms with van der Waals surface area (Å²) in [6.07, 6.45) is 2.48. The zero-order valence-corrected chi connectivity index (χ0v) is 10.4. The van der Waals surface area contributed by atoms with Gasteiger partial charge in [-0.25, -0.2) is 0 Å². The molecule has 0 aliphatic carbocycles. The highest BCUT2D eigenvalue weighted by molar-refractivity contribution is 5.40. The van der Waals surface area contributed by atoms with E-state index in [0.29, 0.717) is 12.1 Å². The van der Waals surface area contributed by atoms with Gasteiger partial charge in [0.2, 0.25) is 0 Å². The minimum atomic E-state index is 0.317. The Morgan fingerprint density at radius 2 is 2.35 bits per heavy atom. The second kappa shape index (κ2) is 4.31. The summed E-state index contributed by atoms with van der Waals surface area (Å²) in [5.41, 5.74) is 8.60. The van der Waals surface area contributed by atoms with Crippen LogP contribution in [0.1, 0.15) is 17.5 Å². The highest BCUT2D eigenvalue weighted by Gasteiger charge is 2.27. The Morgan fingerprint density at radius 3 is 3.12 bits per heavy atom. The Hall–Kier alpha value is -1.06. The van der Waals surface area contributed by atoms with Gasteiger partial charge in [0, 0.05) is 25.6 Å². The van der Waals surface area contributed by atoms with Gasteiger partial charge in [0.1, 0.15) is 11.9 Å². The summed E-state index contributed by atoms with van der Waals surface area (Å²) in [6, 6.07) is 6.82. The molecule has 3 heteroatoms. The smallest absolute Gasteiger partial charge is 0.123 e. The number of hydrogen-bond donors (Lipinski definition) is 1. The standard InChI is InChI=1S/C14H20N2O/c1-10-2-3-14-11(6-10)7-13(17-14)9-16-5-4-12(15)8-16/h2-3,6,12-13H,4-5,7-9,15H2,1H3. The Labute approximate surface area is 103 Å². The first-order valence-electron chi connectivity index (χ1n) is 6.45. The van der Waals surface area contributed by atoms with Gasteiger partial charge in [-0.3, -0.25) is 4.90 Å². The number of aryl methyl sites for hydroxylation is 1. The molecule has 2 aliphatic heterocycles. The Kier molecular flexibility index (Phi) is 2.81. The van der Waals surface area contributed by atoms with Gasteiger partial charge in [-0.2, -0.15) is 0 Å². The van der Waals surface area contributed by atoms with Crippen LogP contribution in [-0.2, 0) is 6.42 Å². The van der Waals surface area contributed by atoms with Gasteiger partial charge in [-0.15, -0.1) is 0 Å². The predicted molar refractivity (Wildman–Crippen MR) is 68.3 cm³/mol. The van der Waals surface area contributed by atoms with E-state index in [-0.39, 0.29) is 0 Å². The molecule has 2 heterocycles.